The molecule has 0 aliphatic carbocycles. The molecule has 0 saturated heterocycles. The number of aromatic nitrogens is 2. The molecule has 0 amide bonds. The Morgan fingerprint density at radius 3 is 2.67 bits per heavy atom. The molecule has 0 unspecified atom stereocenters. The highest BCUT2D eigenvalue weighted by Gasteiger charge is 2.10. The van der Waals surface area contributed by atoms with E-state index in [9.17, 15) is 0 Å². The maximum absolute atomic E-state index is 6.04. The average molecular weight is 333 g/mol. The van der Waals surface area contributed by atoms with Gasteiger partial charge in [0.2, 0.25) is 0 Å². The second-order valence-corrected chi connectivity index (χ2v) is 5.30. The Morgan fingerprint density at radius 2 is 2.00 bits per heavy atom. The van der Waals surface area contributed by atoms with E-state index in [0.717, 1.165) is 25.2 Å². The van der Waals surface area contributed by atoms with E-state index in [0.29, 0.717) is 5.92 Å². The van der Waals surface area contributed by atoms with Crippen molar-refractivity contribution < 1.29 is 0 Å². The summed E-state index contributed by atoms with van der Waals surface area (Å²) in [4.78, 5) is 8.60. The van der Waals surface area contributed by atoms with Crippen molar-refractivity contribution in [1.82, 2.24) is 9.97 Å². The zero-order chi connectivity index (χ0) is 11.0. The quantitative estimate of drug-likeness (QED) is 0.737. The molecule has 0 bridgehead atoms. The topological polar surface area (TPSA) is 25.8 Å². The van der Waals surface area contributed by atoms with Crippen LogP contribution in [0.1, 0.15) is 25.5 Å². The lowest BCUT2D eigenvalue weighted by molar-refractivity contribution is 0.828. The van der Waals surface area contributed by atoms with Crippen molar-refractivity contribution in [2.24, 2.45) is 0 Å². The zero-order valence-corrected chi connectivity index (χ0v) is 11.4. The average Bonchev–Trinajstić information content (AvgIpc) is 2.16. The number of halogens is 2. The zero-order valence-electron chi connectivity index (χ0n) is 8.46. The number of hydrogen-bond acceptors (Lipinski definition) is 2. The van der Waals surface area contributed by atoms with Crippen molar-refractivity contribution in [3.8, 4) is 0 Å². The van der Waals surface area contributed by atoms with Gasteiger partial charge in [-0.25, -0.2) is 9.97 Å². The summed E-state index contributed by atoms with van der Waals surface area (Å²) in [6, 6.07) is 3.86. The van der Waals surface area contributed by atoms with Crippen LogP contribution in [0.25, 0.3) is 10.9 Å². The summed E-state index contributed by atoms with van der Waals surface area (Å²) in [5.74, 6) is 0.379. The Bertz CT molecular complexity index is 511. The first kappa shape index (κ1) is 11.1. The van der Waals surface area contributed by atoms with Gasteiger partial charge in [0, 0.05) is 14.0 Å². The fraction of sp³-hybridized carbons (Fsp3) is 0.273. The van der Waals surface area contributed by atoms with E-state index >= 15 is 0 Å². The third kappa shape index (κ3) is 2.08. The van der Waals surface area contributed by atoms with Gasteiger partial charge in [0.05, 0.1) is 11.2 Å². The van der Waals surface area contributed by atoms with Crippen LogP contribution in [-0.2, 0) is 0 Å². The van der Waals surface area contributed by atoms with Gasteiger partial charge in [0.15, 0.2) is 0 Å². The number of nitrogens with zero attached hydrogens (tertiary/aromatic N) is 2. The molecular formula is C11H10ClIN2. The molecule has 15 heavy (non-hydrogen) atoms. The van der Waals surface area contributed by atoms with Gasteiger partial charge in [-0.05, 0) is 40.6 Å². The van der Waals surface area contributed by atoms with Gasteiger partial charge in [-0.3, -0.25) is 0 Å². The van der Waals surface area contributed by atoms with Crippen molar-refractivity contribution in [3.05, 3.63) is 32.7 Å². The van der Waals surface area contributed by atoms with Crippen molar-refractivity contribution in [2.75, 3.05) is 0 Å². The van der Waals surface area contributed by atoms with Crippen LogP contribution in [0.5, 0.6) is 0 Å². The molecule has 0 atom stereocenters. The highest BCUT2D eigenvalue weighted by atomic mass is 127. The summed E-state index contributed by atoms with van der Waals surface area (Å²) in [7, 11) is 0. The molecule has 0 aliphatic heterocycles. The highest BCUT2D eigenvalue weighted by Crippen LogP contribution is 2.28. The number of fused-ring (bicyclic) bond motifs is 1. The molecule has 78 valence electrons. The fourth-order valence-corrected chi connectivity index (χ4v) is 2.74. The minimum Gasteiger partial charge on any atom is -0.240 e. The summed E-state index contributed by atoms with van der Waals surface area (Å²) >= 11 is 8.29. The summed E-state index contributed by atoms with van der Waals surface area (Å²) in [5, 5.41) is 1.80. The Kier molecular flexibility index (Phi) is 3.11. The highest BCUT2D eigenvalue weighted by molar-refractivity contribution is 14.1. The lowest BCUT2D eigenvalue weighted by Crippen LogP contribution is -1.96. The van der Waals surface area contributed by atoms with E-state index < -0.39 is 0 Å². The van der Waals surface area contributed by atoms with Gasteiger partial charge in [-0.2, -0.15) is 0 Å². The van der Waals surface area contributed by atoms with Crippen LogP contribution in [0, 0.1) is 3.57 Å². The van der Waals surface area contributed by atoms with Crippen molar-refractivity contribution in [2.45, 2.75) is 19.8 Å². The fourth-order valence-electron chi connectivity index (χ4n) is 1.57. The second kappa shape index (κ2) is 4.22. The Labute approximate surface area is 107 Å². The van der Waals surface area contributed by atoms with Crippen LogP contribution in [0.2, 0.25) is 5.02 Å². The van der Waals surface area contributed by atoms with Gasteiger partial charge in [0.1, 0.15) is 6.33 Å². The number of benzene rings is 1. The van der Waals surface area contributed by atoms with Crippen molar-refractivity contribution in [1.29, 1.82) is 0 Å². The standard InChI is InChI=1S/C11H10ClIN2/c1-6(2)10-8-3-7(12)4-9(13)11(8)15-5-14-10/h3-6H,1-2H3. The lowest BCUT2D eigenvalue weighted by Gasteiger charge is -2.09. The Hall–Kier alpha value is -0.420. The SMILES string of the molecule is CC(C)c1ncnc2c(I)cc(Cl)cc12. The molecule has 2 nitrogen and oxygen atoms in total. The van der Waals surface area contributed by atoms with Crippen LogP contribution in [0.3, 0.4) is 0 Å². The van der Waals surface area contributed by atoms with E-state index in [-0.39, 0.29) is 0 Å². The van der Waals surface area contributed by atoms with E-state index in [4.69, 9.17) is 11.6 Å². The van der Waals surface area contributed by atoms with Crippen molar-refractivity contribution in [3.63, 3.8) is 0 Å². The van der Waals surface area contributed by atoms with Crippen LogP contribution in [0.15, 0.2) is 18.5 Å². The molecule has 2 rings (SSSR count). The molecule has 0 radical (unpaired) electrons. The summed E-state index contributed by atoms with van der Waals surface area (Å²) in [6.45, 7) is 4.24. The normalized spacial score (nSPS) is 11.3. The minimum atomic E-state index is 0.379. The first-order chi connectivity index (χ1) is 7.09. The van der Waals surface area contributed by atoms with Gasteiger partial charge in [0.25, 0.3) is 0 Å². The summed E-state index contributed by atoms with van der Waals surface area (Å²) in [6.07, 6.45) is 1.62. The molecule has 1 aromatic heterocycles. The molecule has 1 aromatic carbocycles. The smallest absolute Gasteiger partial charge is 0.116 e. The molecule has 0 N–H and O–H groups in total. The first-order valence-electron chi connectivity index (χ1n) is 4.69. The second-order valence-electron chi connectivity index (χ2n) is 3.70. The maximum Gasteiger partial charge on any atom is 0.116 e. The third-order valence-electron chi connectivity index (χ3n) is 2.23. The van der Waals surface area contributed by atoms with Gasteiger partial charge >= 0.3 is 0 Å². The molecule has 0 spiro atoms. The van der Waals surface area contributed by atoms with E-state index in [1.54, 1.807) is 6.33 Å². The number of hydrogen-bond donors (Lipinski definition) is 0. The predicted octanol–water partition coefficient (Wildman–Crippen LogP) is 4.01. The Morgan fingerprint density at radius 1 is 1.27 bits per heavy atom. The van der Waals surface area contributed by atoms with Crippen LogP contribution in [-0.4, -0.2) is 9.97 Å². The Balaban J connectivity index is 2.85. The minimum absolute atomic E-state index is 0.379. The van der Waals surface area contributed by atoms with Gasteiger partial charge < -0.3 is 0 Å². The van der Waals surface area contributed by atoms with Crippen LogP contribution >= 0.6 is 34.2 Å². The monoisotopic (exact) mass is 332 g/mol. The molecule has 1 heterocycles. The van der Waals surface area contributed by atoms with E-state index in [1.807, 2.05) is 12.1 Å². The molecule has 2 aromatic rings. The van der Waals surface area contributed by atoms with Crippen molar-refractivity contribution >= 4 is 45.1 Å². The molecule has 0 saturated carbocycles. The van der Waals surface area contributed by atoms with Gasteiger partial charge in [-0.15, -0.1) is 0 Å². The van der Waals surface area contributed by atoms with Crippen LogP contribution in [0.4, 0.5) is 0 Å². The third-order valence-corrected chi connectivity index (χ3v) is 3.28. The molecule has 0 aliphatic rings. The molecule has 0 fully saturated rings. The van der Waals surface area contributed by atoms with Gasteiger partial charge in [-0.1, -0.05) is 25.4 Å². The maximum atomic E-state index is 6.04. The summed E-state index contributed by atoms with van der Waals surface area (Å²) in [5.41, 5.74) is 2.04. The van der Waals surface area contributed by atoms with E-state index in [2.05, 4.69) is 46.4 Å². The first-order valence-corrected chi connectivity index (χ1v) is 6.15. The lowest BCUT2D eigenvalue weighted by atomic mass is 10.1. The largest absolute Gasteiger partial charge is 0.240 e. The number of rotatable bonds is 1. The van der Waals surface area contributed by atoms with Crippen LogP contribution < -0.4 is 0 Å². The molecular weight excluding hydrogens is 322 g/mol. The summed E-state index contributed by atoms with van der Waals surface area (Å²) < 4.78 is 1.07. The molecule has 4 heteroatoms. The van der Waals surface area contributed by atoms with E-state index in [1.165, 1.54) is 0 Å². The predicted molar refractivity (Wildman–Crippen MR) is 71.4 cm³/mol.